The van der Waals surface area contributed by atoms with Crippen LogP contribution in [-0.4, -0.2) is 198 Å². The number of benzene rings is 4. The molecule has 3 aliphatic rings. The number of phenols is 5. The van der Waals surface area contributed by atoms with Crippen LogP contribution in [0.4, 0.5) is 0 Å². The Hall–Kier alpha value is -7.57. The fourth-order valence-electron chi connectivity index (χ4n) is 8.57. The van der Waals surface area contributed by atoms with Gasteiger partial charge >= 0.3 is 23.3 Å². The lowest BCUT2D eigenvalue weighted by molar-refractivity contribution is -0.319. The number of carbonyl (C=O) groups excluding carboxylic acids is 2. The van der Waals surface area contributed by atoms with E-state index in [1.807, 2.05) is 0 Å². The van der Waals surface area contributed by atoms with Gasteiger partial charge in [-0.15, -0.1) is 0 Å². The zero-order valence-corrected chi connectivity index (χ0v) is 41.9. The Bertz CT molecular complexity index is 3000. The van der Waals surface area contributed by atoms with E-state index in [1.165, 1.54) is 100 Å². The highest BCUT2D eigenvalue weighted by molar-refractivity contribution is 5.89. The molecule has 3 fully saturated rings. The van der Waals surface area contributed by atoms with Crippen LogP contribution < -0.4 is 18.9 Å². The number of aliphatic hydroxyl groups excluding tert-OH is 8. The SMILES string of the molecule is COc1cc(-c2[o+]c3cc(O)cc(O)c3cc2O[C@@H]2O[C@H](CO[C@@H]3OC(C)[C@H](OC(=O)/C=C/c4ccc(O[C@@H]5OC(COC(=O)/C=C/c6ccc(O)c(O)c6)[C@@H](O)[C@H](O)C5O)cc4)C(O)[C@@H]3O)[C@@H](O)C(O)C2O)cc(OC)c1O. The van der Waals surface area contributed by atoms with Gasteiger partial charge in [0.05, 0.1) is 38.6 Å². The Morgan fingerprint density at radius 3 is 1.78 bits per heavy atom. The van der Waals surface area contributed by atoms with Gasteiger partial charge in [0.2, 0.25) is 24.1 Å². The third-order valence-electron chi connectivity index (χ3n) is 12.9. The van der Waals surface area contributed by atoms with E-state index >= 15 is 0 Å². The van der Waals surface area contributed by atoms with Gasteiger partial charge in [-0.05, 0) is 54.5 Å². The molecular formula is C53H57O26+. The maximum Gasteiger partial charge on any atom is 0.402 e. The van der Waals surface area contributed by atoms with Gasteiger partial charge in [0.15, 0.2) is 35.4 Å². The van der Waals surface area contributed by atoms with Crippen LogP contribution in [0.1, 0.15) is 18.1 Å². The van der Waals surface area contributed by atoms with Crippen LogP contribution >= 0.6 is 0 Å². The molecule has 0 spiro atoms. The molecule has 8 rings (SSSR count). The average Bonchev–Trinajstić information content (AvgIpc) is 3.51. The number of ether oxygens (including phenoxy) is 10. The smallest absolute Gasteiger partial charge is 0.402 e. The zero-order chi connectivity index (χ0) is 57.0. The van der Waals surface area contributed by atoms with Crippen LogP contribution in [-0.2, 0) is 38.0 Å². The molecule has 4 aromatic carbocycles. The second-order valence-corrected chi connectivity index (χ2v) is 18.4. The third kappa shape index (κ3) is 13.0. The van der Waals surface area contributed by atoms with Crippen LogP contribution in [0.25, 0.3) is 34.4 Å². The summed E-state index contributed by atoms with van der Waals surface area (Å²) in [7, 11) is 2.57. The first-order chi connectivity index (χ1) is 37.6. The molecule has 6 unspecified atom stereocenters. The van der Waals surface area contributed by atoms with Crippen molar-refractivity contribution in [3.8, 4) is 63.1 Å². The highest BCUT2D eigenvalue weighted by Crippen LogP contribution is 2.46. The molecule has 4 heterocycles. The zero-order valence-electron chi connectivity index (χ0n) is 41.9. The number of fused-ring (bicyclic) bond motifs is 1. The molecule has 0 saturated carbocycles. The van der Waals surface area contributed by atoms with Gasteiger partial charge in [-0.2, -0.15) is 0 Å². The number of methoxy groups -OCH3 is 2. The van der Waals surface area contributed by atoms with Crippen LogP contribution in [0.5, 0.6) is 51.7 Å². The molecule has 0 amide bonds. The van der Waals surface area contributed by atoms with Crippen molar-refractivity contribution in [1.29, 1.82) is 0 Å². The van der Waals surface area contributed by atoms with E-state index < -0.39 is 129 Å². The Labute approximate surface area is 447 Å². The molecule has 13 N–H and O–H groups in total. The van der Waals surface area contributed by atoms with Crippen molar-refractivity contribution in [2.75, 3.05) is 27.4 Å². The van der Waals surface area contributed by atoms with Crippen molar-refractivity contribution in [3.63, 3.8) is 0 Å². The van der Waals surface area contributed by atoms with Crippen molar-refractivity contribution >= 4 is 35.1 Å². The Kier molecular flexibility index (Phi) is 18.0. The van der Waals surface area contributed by atoms with Gasteiger partial charge in [0.25, 0.3) is 0 Å². The summed E-state index contributed by atoms with van der Waals surface area (Å²) in [5.41, 5.74) is 0.915. The quantitative estimate of drug-likeness (QED) is 0.0263. The molecule has 26 heteroatoms. The summed E-state index contributed by atoms with van der Waals surface area (Å²) in [6, 6.07) is 15.9. The van der Waals surface area contributed by atoms with Crippen LogP contribution in [0.3, 0.4) is 0 Å². The molecule has 0 radical (unpaired) electrons. The first-order valence-corrected chi connectivity index (χ1v) is 24.1. The third-order valence-corrected chi connectivity index (χ3v) is 12.9. The van der Waals surface area contributed by atoms with E-state index in [1.54, 1.807) is 0 Å². The van der Waals surface area contributed by atoms with Gasteiger partial charge in [-0.1, -0.05) is 18.2 Å². The van der Waals surface area contributed by atoms with Crippen molar-refractivity contribution in [2.45, 2.75) is 99.0 Å². The maximum absolute atomic E-state index is 13.0. The largest absolute Gasteiger partial charge is 0.507 e. The number of hydrogen-bond donors (Lipinski definition) is 13. The monoisotopic (exact) mass is 1110 g/mol. The van der Waals surface area contributed by atoms with Gasteiger partial charge in [-0.3, -0.25) is 0 Å². The highest BCUT2D eigenvalue weighted by atomic mass is 16.7. The minimum Gasteiger partial charge on any atom is -0.507 e. The summed E-state index contributed by atoms with van der Waals surface area (Å²) in [5, 5.41) is 137. The molecule has 15 atom stereocenters. The number of rotatable bonds is 17. The predicted molar refractivity (Wildman–Crippen MR) is 266 cm³/mol. The van der Waals surface area contributed by atoms with Crippen LogP contribution in [0, 0.1) is 0 Å². The minimum atomic E-state index is -1.93. The topological polar surface area (TPSA) is 401 Å². The second kappa shape index (κ2) is 24.6. The molecule has 0 aliphatic carbocycles. The first kappa shape index (κ1) is 57.6. The van der Waals surface area contributed by atoms with Crippen molar-refractivity contribution in [3.05, 3.63) is 96.1 Å². The van der Waals surface area contributed by atoms with E-state index in [-0.39, 0.29) is 62.5 Å². The number of carbonyl (C=O) groups is 2. The molecule has 5 aromatic rings. The molecule has 3 aliphatic heterocycles. The van der Waals surface area contributed by atoms with Gasteiger partial charge < -0.3 is 114 Å². The normalized spacial score (nSPS) is 29.1. The van der Waals surface area contributed by atoms with E-state index in [0.29, 0.717) is 11.1 Å². The maximum atomic E-state index is 13.0. The summed E-state index contributed by atoms with van der Waals surface area (Å²) in [4.78, 5) is 25.3. The molecule has 26 nitrogen and oxygen atoms in total. The molecule has 1 aromatic heterocycles. The first-order valence-electron chi connectivity index (χ1n) is 24.1. The van der Waals surface area contributed by atoms with Crippen LogP contribution in [0.2, 0.25) is 0 Å². The number of aromatic hydroxyl groups is 5. The van der Waals surface area contributed by atoms with E-state index in [0.717, 1.165) is 18.2 Å². The summed E-state index contributed by atoms with van der Waals surface area (Å²) < 4.78 is 61.9. The molecule has 424 valence electrons. The standard InChI is InChI=1S/C53H56O26/c1-22-49(79-39(59)13-7-23-4-9-27(10-5-23)74-52-46(66)43(63)41(61)36(77-52)20-71-38(58)12-8-24-6-11-29(55)31(57)14-24)45(65)48(68)51(73-22)72-21-37-42(62)44(64)47(67)53(78-37)76-35-19-28-30(56)17-26(54)18-32(28)75-50(35)25-15-33(69-2)40(60)34(16-25)70-3/h4-19,22,36-37,41-49,51-53,61-68H,20-21H2,1-3H3,(H4-,54,55,56,57,58,60)/p+1/b13-7+/t22?,36?,37-,41-,42-,43+,44?,45?,46?,47?,48+,49+,51-,52-,53-/m1/s1. The summed E-state index contributed by atoms with van der Waals surface area (Å²) in [6.45, 7) is 0.205. The summed E-state index contributed by atoms with van der Waals surface area (Å²) in [6.07, 6.45) is -20.2. The van der Waals surface area contributed by atoms with E-state index in [2.05, 4.69) is 0 Å². The lowest BCUT2D eigenvalue weighted by Gasteiger charge is -2.42. The molecule has 3 saturated heterocycles. The highest BCUT2D eigenvalue weighted by Gasteiger charge is 2.50. The molecular weight excluding hydrogens is 1050 g/mol. The molecule has 79 heavy (non-hydrogen) atoms. The number of hydrogen-bond acceptors (Lipinski definition) is 25. The lowest BCUT2D eigenvalue weighted by Crippen LogP contribution is -2.62. The van der Waals surface area contributed by atoms with Crippen molar-refractivity contribution in [2.24, 2.45) is 0 Å². The molecule has 0 bridgehead atoms. The Morgan fingerprint density at radius 2 is 1.15 bits per heavy atom. The predicted octanol–water partition coefficient (Wildman–Crippen LogP) is 0.664. The van der Waals surface area contributed by atoms with E-state index in [4.69, 9.17) is 51.8 Å². The number of aliphatic hydroxyl groups is 8. The Balaban J connectivity index is 0.848. The fourth-order valence-corrected chi connectivity index (χ4v) is 8.57. The number of esters is 2. The van der Waals surface area contributed by atoms with Gasteiger partial charge in [0.1, 0.15) is 90.3 Å². The average molecular weight is 1110 g/mol. The minimum absolute atomic E-state index is 0.0220. The Morgan fingerprint density at radius 1 is 0.570 bits per heavy atom. The van der Waals surface area contributed by atoms with Gasteiger partial charge in [-0.25, -0.2) is 14.0 Å². The van der Waals surface area contributed by atoms with Crippen molar-refractivity contribution < 1.29 is 128 Å². The number of phenolic OH excluding ortho intramolecular Hbond substituents is 5. The second-order valence-electron chi connectivity index (χ2n) is 18.4. The van der Waals surface area contributed by atoms with Crippen molar-refractivity contribution in [1.82, 2.24) is 0 Å². The van der Waals surface area contributed by atoms with E-state index in [9.17, 15) is 76.0 Å². The fraction of sp³-hybridized carbons (Fsp3) is 0.377. The summed E-state index contributed by atoms with van der Waals surface area (Å²) in [5.74, 6) is -4.09. The van der Waals surface area contributed by atoms with Crippen LogP contribution in [0.15, 0.2) is 89.4 Å². The summed E-state index contributed by atoms with van der Waals surface area (Å²) >= 11 is 0. The van der Waals surface area contributed by atoms with Gasteiger partial charge in [0, 0.05) is 36.4 Å². The lowest BCUT2D eigenvalue weighted by atomic mass is 9.98.